The van der Waals surface area contributed by atoms with Crippen LogP contribution < -0.4 is 10.3 Å². The van der Waals surface area contributed by atoms with Gasteiger partial charge < -0.3 is 9.72 Å². The lowest BCUT2D eigenvalue weighted by molar-refractivity contribution is -0.130. The summed E-state index contributed by atoms with van der Waals surface area (Å²) in [6.45, 7) is 1.47. The molecule has 1 aromatic heterocycles. The smallest absolute Gasteiger partial charge is 0.258 e. The number of ether oxygens (including phenoxy) is 1. The summed E-state index contributed by atoms with van der Waals surface area (Å²) in [7, 11) is 1.61. The lowest BCUT2D eigenvalue weighted by atomic mass is 9.91. The second kappa shape index (κ2) is 9.32. The average molecular weight is 551 g/mol. The number of aromatic amines is 1. The van der Waals surface area contributed by atoms with E-state index in [1.807, 2.05) is 60.7 Å². The van der Waals surface area contributed by atoms with Gasteiger partial charge in [0.2, 0.25) is 5.91 Å². The number of aromatic nitrogens is 1. The molecule has 5 rings (SSSR count). The molecule has 1 aliphatic heterocycles. The molecule has 0 aliphatic carbocycles. The first-order chi connectivity index (χ1) is 16.9. The Hall–Kier alpha value is -3.42. The molecule has 176 valence electrons. The highest BCUT2D eigenvalue weighted by atomic mass is 79.9. The Bertz CT molecular complexity index is 1550. The first-order valence-corrected chi connectivity index (χ1v) is 12.2. The highest BCUT2D eigenvalue weighted by molar-refractivity contribution is 9.10. The predicted molar refractivity (Wildman–Crippen MR) is 142 cm³/mol. The molecule has 4 aromatic rings. The molecule has 3 aromatic carbocycles. The van der Waals surface area contributed by atoms with Crippen molar-refractivity contribution in [3.8, 4) is 16.9 Å². The molecule has 0 radical (unpaired) electrons. The summed E-state index contributed by atoms with van der Waals surface area (Å²) in [6, 6.07) is 20.3. The van der Waals surface area contributed by atoms with Crippen molar-refractivity contribution in [1.29, 1.82) is 0 Å². The number of pyridine rings is 1. The van der Waals surface area contributed by atoms with Crippen molar-refractivity contribution in [2.24, 2.45) is 5.10 Å². The molecule has 2 heterocycles. The van der Waals surface area contributed by atoms with Gasteiger partial charge in [-0.2, -0.15) is 5.10 Å². The standard InChI is InChI=1S/C27H21BrClN3O3/c1-15(33)32-24(16-7-10-18(35-2)11-8-16)14-23(31-32)26-25(19-5-3-4-6-21(19)29)20-13-17(28)9-12-22(20)30-27(26)34/h3-13,24H,14H2,1-2H3,(H,30,34). The zero-order chi connectivity index (χ0) is 24.7. The van der Waals surface area contributed by atoms with Gasteiger partial charge in [-0.05, 0) is 42.0 Å². The number of hydrogen-bond donors (Lipinski definition) is 1. The van der Waals surface area contributed by atoms with Gasteiger partial charge in [0.25, 0.3) is 5.56 Å². The van der Waals surface area contributed by atoms with Gasteiger partial charge in [-0.1, -0.05) is 57.9 Å². The summed E-state index contributed by atoms with van der Waals surface area (Å²) in [6.07, 6.45) is 0.381. The van der Waals surface area contributed by atoms with Crippen molar-refractivity contribution < 1.29 is 9.53 Å². The van der Waals surface area contributed by atoms with E-state index >= 15 is 0 Å². The highest BCUT2D eigenvalue weighted by Gasteiger charge is 2.34. The van der Waals surface area contributed by atoms with Crippen LogP contribution in [0.4, 0.5) is 0 Å². The molecule has 1 amide bonds. The van der Waals surface area contributed by atoms with Crippen molar-refractivity contribution in [3.63, 3.8) is 0 Å². The van der Waals surface area contributed by atoms with Gasteiger partial charge in [-0.15, -0.1) is 0 Å². The SMILES string of the molecule is COc1ccc(C2CC(c3c(-c4ccccc4Cl)c4cc(Br)ccc4[nH]c3=O)=NN2C(C)=O)cc1. The number of benzene rings is 3. The van der Waals surface area contributed by atoms with Crippen LogP contribution >= 0.6 is 27.5 Å². The maximum absolute atomic E-state index is 13.5. The molecule has 8 heteroatoms. The molecular weight excluding hydrogens is 530 g/mol. The van der Waals surface area contributed by atoms with Gasteiger partial charge in [0.15, 0.2) is 0 Å². The fraction of sp³-hybridized carbons (Fsp3) is 0.148. The Labute approximate surface area is 215 Å². The van der Waals surface area contributed by atoms with Gasteiger partial charge >= 0.3 is 0 Å². The lowest BCUT2D eigenvalue weighted by Crippen LogP contribution is -2.24. The van der Waals surface area contributed by atoms with E-state index in [4.69, 9.17) is 16.3 Å². The Balaban J connectivity index is 1.73. The first-order valence-electron chi connectivity index (χ1n) is 11.0. The molecule has 1 N–H and O–H groups in total. The lowest BCUT2D eigenvalue weighted by Gasteiger charge is -2.20. The van der Waals surface area contributed by atoms with Gasteiger partial charge in [0.05, 0.1) is 24.4 Å². The number of nitrogens with one attached hydrogen (secondary N) is 1. The van der Waals surface area contributed by atoms with E-state index in [9.17, 15) is 9.59 Å². The Morgan fingerprint density at radius 2 is 1.86 bits per heavy atom. The van der Waals surface area contributed by atoms with Crippen LogP contribution in [0.25, 0.3) is 22.0 Å². The van der Waals surface area contributed by atoms with E-state index < -0.39 is 0 Å². The second-order valence-electron chi connectivity index (χ2n) is 8.28. The Morgan fingerprint density at radius 3 is 2.54 bits per heavy atom. The third-order valence-corrected chi connectivity index (χ3v) is 6.96. The summed E-state index contributed by atoms with van der Waals surface area (Å²) in [5.41, 5.74) is 3.65. The number of rotatable bonds is 4. The maximum atomic E-state index is 13.5. The number of carbonyl (C=O) groups excluding carboxylic acids is 1. The molecule has 0 saturated heterocycles. The van der Waals surface area contributed by atoms with Crippen LogP contribution in [-0.2, 0) is 4.79 Å². The fourth-order valence-electron chi connectivity index (χ4n) is 4.52. The quantitative estimate of drug-likeness (QED) is 0.323. The normalized spacial score (nSPS) is 15.4. The van der Waals surface area contributed by atoms with Gasteiger partial charge in [0, 0.05) is 44.9 Å². The van der Waals surface area contributed by atoms with Gasteiger partial charge in [-0.25, -0.2) is 5.01 Å². The molecular formula is C27H21BrClN3O3. The number of amides is 1. The van der Waals surface area contributed by atoms with E-state index in [-0.39, 0.29) is 17.5 Å². The van der Waals surface area contributed by atoms with Crippen molar-refractivity contribution in [3.05, 3.63) is 97.7 Å². The number of nitrogens with zero attached hydrogens (tertiary/aromatic N) is 2. The number of H-pyrrole nitrogens is 1. The molecule has 6 nitrogen and oxygen atoms in total. The van der Waals surface area contributed by atoms with Crippen molar-refractivity contribution in [1.82, 2.24) is 9.99 Å². The monoisotopic (exact) mass is 549 g/mol. The minimum absolute atomic E-state index is 0.208. The van der Waals surface area contributed by atoms with E-state index in [2.05, 4.69) is 26.0 Å². The zero-order valence-electron chi connectivity index (χ0n) is 19.0. The molecule has 1 unspecified atom stereocenters. The van der Waals surface area contributed by atoms with Gasteiger partial charge in [-0.3, -0.25) is 9.59 Å². The van der Waals surface area contributed by atoms with Crippen LogP contribution in [0.3, 0.4) is 0 Å². The number of fused-ring (bicyclic) bond motifs is 1. The maximum Gasteiger partial charge on any atom is 0.258 e. The summed E-state index contributed by atoms with van der Waals surface area (Å²) >= 11 is 10.2. The van der Waals surface area contributed by atoms with Crippen LogP contribution in [0.5, 0.6) is 5.75 Å². The number of carbonyl (C=O) groups is 1. The number of hydrogen-bond acceptors (Lipinski definition) is 4. The van der Waals surface area contributed by atoms with Crippen LogP contribution in [0, 0.1) is 0 Å². The largest absolute Gasteiger partial charge is 0.497 e. The average Bonchev–Trinajstić information content (AvgIpc) is 3.29. The van der Waals surface area contributed by atoms with Crippen LogP contribution in [0.15, 0.2) is 81.1 Å². The third kappa shape index (κ3) is 4.26. The van der Waals surface area contributed by atoms with Crippen molar-refractivity contribution in [2.45, 2.75) is 19.4 Å². The Morgan fingerprint density at radius 1 is 1.11 bits per heavy atom. The predicted octanol–water partition coefficient (Wildman–Crippen LogP) is 6.32. The Kier molecular flexibility index (Phi) is 6.21. The number of methoxy groups -OCH3 is 1. The number of hydrazone groups is 1. The van der Waals surface area contributed by atoms with E-state index in [0.29, 0.717) is 33.8 Å². The fourth-order valence-corrected chi connectivity index (χ4v) is 5.11. The molecule has 0 bridgehead atoms. The van der Waals surface area contributed by atoms with Crippen molar-refractivity contribution >= 4 is 50.1 Å². The summed E-state index contributed by atoms with van der Waals surface area (Å²) < 4.78 is 6.13. The van der Waals surface area contributed by atoms with Crippen LogP contribution in [-0.4, -0.2) is 28.7 Å². The van der Waals surface area contributed by atoms with Gasteiger partial charge in [0.1, 0.15) is 5.75 Å². The summed E-state index contributed by atoms with van der Waals surface area (Å²) in [4.78, 5) is 29.0. The van der Waals surface area contributed by atoms with Crippen molar-refractivity contribution in [2.75, 3.05) is 7.11 Å². The molecule has 1 atom stereocenters. The first kappa shape index (κ1) is 23.3. The third-order valence-electron chi connectivity index (χ3n) is 6.14. The minimum Gasteiger partial charge on any atom is -0.497 e. The molecule has 0 spiro atoms. The second-order valence-corrected chi connectivity index (χ2v) is 9.60. The van der Waals surface area contributed by atoms with E-state index in [1.54, 1.807) is 13.2 Å². The van der Waals surface area contributed by atoms with Crippen LogP contribution in [0.2, 0.25) is 5.02 Å². The zero-order valence-corrected chi connectivity index (χ0v) is 21.4. The molecule has 1 aliphatic rings. The minimum atomic E-state index is -0.342. The topological polar surface area (TPSA) is 74.8 Å². The highest BCUT2D eigenvalue weighted by Crippen LogP contribution is 2.39. The summed E-state index contributed by atoms with van der Waals surface area (Å²) in [5, 5.41) is 7.45. The van der Waals surface area contributed by atoms with E-state index in [0.717, 1.165) is 26.7 Å². The molecule has 0 saturated carbocycles. The van der Waals surface area contributed by atoms with Crippen LogP contribution in [0.1, 0.15) is 30.5 Å². The summed E-state index contributed by atoms with van der Waals surface area (Å²) in [5.74, 6) is 0.514. The number of halogens is 2. The molecule has 35 heavy (non-hydrogen) atoms. The van der Waals surface area contributed by atoms with E-state index in [1.165, 1.54) is 11.9 Å². The molecule has 0 fully saturated rings.